The molecule has 2 nitrogen and oxygen atoms in total. The van der Waals surface area contributed by atoms with Crippen LogP contribution in [0.15, 0.2) is 0 Å². The van der Waals surface area contributed by atoms with E-state index in [1.807, 2.05) is 0 Å². The van der Waals surface area contributed by atoms with E-state index in [1.54, 1.807) is 0 Å². The van der Waals surface area contributed by atoms with Crippen LogP contribution in [0.3, 0.4) is 0 Å². The van der Waals surface area contributed by atoms with Crippen LogP contribution in [-0.4, -0.2) is 37.1 Å². The predicted molar refractivity (Wildman–Crippen MR) is 42.3 cm³/mol. The molecule has 0 saturated carbocycles. The van der Waals surface area contributed by atoms with Crippen molar-refractivity contribution in [2.45, 2.75) is 25.3 Å². The van der Waals surface area contributed by atoms with Crippen molar-refractivity contribution in [3.63, 3.8) is 0 Å². The van der Waals surface area contributed by atoms with E-state index in [2.05, 4.69) is 10.2 Å². The van der Waals surface area contributed by atoms with Crippen molar-refractivity contribution in [3.05, 3.63) is 5.32 Å². The molecule has 1 atom stereocenters. The fourth-order valence-corrected chi connectivity index (χ4v) is 2.00. The van der Waals surface area contributed by atoms with Crippen LogP contribution in [-0.2, 0) is 18.6 Å². The zero-order valence-corrected chi connectivity index (χ0v) is 8.27. The second-order valence-electron chi connectivity index (χ2n) is 3.32. The van der Waals surface area contributed by atoms with Gasteiger partial charge in [0, 0.05) is 0 Å². The molecule has 0 aromatic heterocycles. The number of rotatable bonds is 0. The van der Waals surface area contributed by atoms with E-state index in [4.69, 9.17) is 0 Å². The van der Waals surface area contributed by atoms with Crippen molar-refractivity contribution in [1.82, 2.24) is 4.90 Å². The van der Waals surface area contributed by atoms with Crippen LogP contribution < -0.4 is 0 Å². The Kier molecular flexibility index (Phi) is 3.93. The van der Waals surface area contributed by atoms with E-state index >= 15 is 0 Å². The Hall–Kier alpha value is 0.504. The van der Waals surface area contributed by atoms with Gasteiger partial charge in [0.25, 0.3) is 0 Å². The molecule has 0 aliphatic carbocycles. The number of piperidine rings is 1. The largest absolute Gasteiger partial charge is 2.00 e. The molecule has 0 amide bonds. The Bertz CT molecular complexity index is 92.7. The second-order valence-corrected chi connectivity index (χ2v) is 3.32. The third-order valence-electron chi connectivity index (χ3n) is 2.63. The maximum atomic E-state index is 4.42. The molecular weight excluding hydrogens is 175 g/mol. The summed E-state index contributed by atoms with van der Waals surface area (Å²) in [4.78, 5) is 2.61. The molecular formula is C8H15N2V+. The van der Waals surface area contributed by atoms with Crippen molar-refractivity contribution in [2.75, 3.05) is 26.2 Å². The third kappa shape index (κ3) is 2.22. The van der Waals surface area contributed by atoms with Crippen molar-refractivity contribution in [2.24, 2.45) is 0 Å². The van der Waals surface area contributed by atoms with Gasteiger partial charge in [-0.15, -0.1) is 13.1 Å². The Morgan fingerprint density at radius 2 is 2.09 bits per heavy atom. The van der Waals surface area contributed by atoms with E-state index in [0.29, 0.717) is 0 Å². The van der Waals surface area contributed by atoms with Gasteiger partial charge in [0.2, 0.25) is 0 Å². The van der Waals surface area contributed by atoms with Crippen molar-refractivity contribution in [1.29, 1.82) is 0 Å². The van der Waals surface area contributed by atoms with Crippen molar-refractivity contribution >= 4 is 0 Å². The second kappa shape index (κ2) is 4.51. The van der Waals surface area contributed by atoms with E-state index in [1.165, 1.54) is 32.4 Å². The van der Waals surface area contributed by atoms with Crippen LogP contribution >= 0.6 is 0 Å². The maximum Gasteiger partial charge on any atom is 2.00 e. The van der Waals surface area contributed by atoms with Gasteiger partial charge in [-0.2, -0.15) is 0 Å². The molecule has 61 valence electrons. The van der Waals surface area contributed by atoms with Gasteiger partial charge >= 0.3 is 18.6 Å². The molecule has 0 N–H and O–H groups in total. The van der Waals surface area contributed by atoms with Crippen LogP contribution in [0, 0.1) is 0 Å². The van der Waals surface area contributed by atoms with Crippen LogP contribution in [0.2, 0.25) is 0 Å². The number of fused-ring (bicyclic) bond motifs is 1. The van der Waals surface area contributed by atoms with Crippen LogP contribution in [0.25, 0.3) is 5.32 Å². The number of piperazine rings is 1. The summed E-state index contributed by atoms with van der Waals surface area (Å²) >= 11 is 0. The van der Waals surface area contributed by atoms with Crippen molar-refractivity contribution in [3.8, 4) is 0 Å². The molecule has 2 aliphatic heterocycles. The summed E-state index contributed by atoms with van der Waals surface area (Å²) in [7, 11) is 0. The first-order valence-corrected chi connectivity index (χ1v) is 4.34. The van der Waals surface area contributed by atoms with E-state index in [9.17, 15) is 0 Å². The van der Waals surface area contributed by atoms with Crippen LogP contribution in [0.5, 0.6) is 0 Å². The smallest absolute Gasteiger partial charge is 0.660 e. The Balaban J connectivity index is 0.000000605. The minimum atomic E-state index is 0. The molecule has 0 aromatic carbocycles. The summed E-state index contributed by atoms with van der Waals surface area (Å²) in [6, 6.07) is 0.822. The number of hydrogen-bond acceptors (Lipinski definition) is 1. The first-order valence-electron chi connectivity index (χ1n) is 4.34. The number of hydrogen-bond donors (Lipinski definition) is 0. The van der Waals surface area contributed by atoms with E-state index in [-0.39, 0.29) is 18.6 Å². The molecule has 11 heavy (non-hydrogen) atoms. The quantitative estimate of drug-likeness (QED) is 0.561. The zero-order valence-electron chi connectivity index (χ0n) is 6.87. The third-order valence-corrected chi connectivity index (χ3v) is 2.63. The van der Waals surface area contributed by atoms with Gasteiger partial charge in [0.1, 0.15) is 0 Å². The van der Waals surface area contributed by atoms with Gasteiger partial charge in [-0.05, 0) is 32.0 Å². The molecule has 1 radical (unpaired) electrons. The van der Waals surface area contributed by atoms with Gasteiger partial charge < -0.3 is 10.2 Å². The Labute approximate surface area is 80.6 Å². The minimum Gasteiger partial charge on any atom is -0.660 e. The average Bonchev–Trinajstić information content (AvgIpc) is 2.05. The normalized spacial score (nSPS) is 32.2. The molecule has 2 aliphatic rings. The topological polar surface area (TPSA) is 17.3 Å². The Morgan fingerprint density at radius 1 is 1.18 bits per heavy atom. The van der Waals surface area contributed by atoms with Gasteiger partial charge in [0.05, 0.1) is 0 Å². The molecule has 2 rings (SSSR count). The standard InChI is InChI=1S/C8H15N2.V/c1-2-5-10-6-4-9-7-8(10)3-1;/h8H,1-7H2;/q-1;+2. The van der Waals surface area contributed by atoms with E-state index in [0.717, 1.165) is 19.1 Å². The summed E-state index contributed by atoms with van der Waals surface area (Å²) in [6.07, 6.45) is 4.23. The summed E-state index contributed by atoms with van der Waals surface area (Å²) < 4.78 is 0. The van der Waals surface area contributed by atoms with Crippen molar-refractivity contribution < 1.29 is 18.6 Å². The van der Waals surface area contributed by atoms with Gasteiger partial charge in [-0.25, -0.2) is 0 Å². The molecule has 2 fully saturated rings. The summed E-state index contributed by atoms with van der Waals surface area (Å²) in [5.74, 6) is 0. The molecule has 2 saturated heterocycles. The molecule has 0 aromatic rings. The first kappa shape index (κ1) is 9.59. The zero-order chi connectivity index (χ0) is 6.81. The predicted octanol–water partition coefficient (Wildman–Crippen LogP) is 1.23. The molecule has 0 spiro atoms. The fraction of sp³-hybridized carbons (Fsp3) is 1.00. The van der Waals surface area contributed by atoms with E-state index < -0.39 is 0 Å². The number of nitrogens with zero attached hydrogens (tertiary/aromatic N) is 2. The van der Waals surface area contributed by atoms with Gasteiger partial charge in [-0.1, -0.05) is 6.42 Å². The minimum absolute atomic E-state index is 0. The summed E-state index contributed by atoms with van der Waals surface area (Å²) in [5.41, 5.74) is 0. The summed E-state index contributed by atoms with van der Waals surface area (Å²) in [5, 5.41) is 4.42. The fourth-order valence-electron chi connectivity index (χ4n) is 2.00. The molecule has 2 heterocycles. The maximum absolute atomic E-state index is 4.42. The molecule has 0 bridgehead atoms. The Morgan fingerprint density at radius 3 is 2.91 bits per heavy atom. The monoisotopic (exact) mass is 190 g/mol. The average molecular weight is 190 g/mol. The van der Waals surface area contributed by atoms with Crippen LogP contribution in [0.4, 0.5) is 0 Å². The molecule has 1 unspecified atom stereocenters. The molecule has 3 heteroatoms. The van der Waals surface area contributed by atoms with Crippen LogP contribution in [0.1, 0.15) is 19.3 Å². The van der Waals surface area contributed by atoms with Gasteiger partial charge in [-0.3, -0.25) is 0 Å². The summed E-state index contributed by atoms with van der Waals surface area (Å²) in [6.45, 7) is 4.75. The first-order chi connectivity index (χ1) is 4.97. The SMILES string of the molecule is C1CCN2CC[N-]CC2C1.[V+2]. The van der Waals surface area contributed by atoms with Gasteiger partial charge in [0.15, 0.2) is 0 Å².